The van der Waals surface area contributed by atoms with Crippen LogP contribution in [0, 0.1) is 11.8 Å². The quantitative estimate of drug-likeness (QED) is 0.180. The van der Waals surface area contributed by atoms with E-state index < -0.39 is 53.9 Å². The van der Waals surface area contributed by atoms with E-state index in [0.29, 0.717) is 30.4 Å². The summed E-state index contributed by atoms with van der Waals surface area (Å²) < 4.78 is 11.2. The minimum absolute atomic E-state index is 0.0706. The van der Waals surface area contributed by atoms with Crippen molar-refractivity contribution in [3.63, 3.8) is 0 Å². The average molecular weight is 796 g/mol. The number of carbonyl (C=O) groups excluding carboxylic acids is 5. The molecule has 57 heavy (non-hydrogen) atoms. The summed E-state index contributed by atoms with van der Waals surface area (Å²) >= 11 is 0. The first-order valence-corrected chi connectivity index (χ1v) is 20.6. The number of piperazine rings is 1. The fraction of sp³-hybridized carbons (Fsp3) is 0.667. The van der Waals surface area contributed by atoms with Crippen LogP contribution < -0.4 is 10.6 Å². The Bertz CT molecular complexity index is 1570. The molecule has 0 bridgehead atoms. The Morgan fingerprint density at radius 2 is 1.63 bits per heavy atom. The smallest absolute Gasteiger partial charge is 0.410 e. The summed E-state index contributed by atoms with van der Waals surface area (Å²) in [5.74, 6) is -0.490. The van der Waals surface area contributed by atoms with E-state index in [0.717, 1.165) is 37.7 Å². The highest BCUT2D eigenvalue weighted by Gasteiger charge is 2.37. The van der Waals surface area contributed by atoms with Crippen LogP contribution in [-0.2, 0) is 36.7 Å². The molecule has 4 rings (SSSR count). The number of hydrogen-bond acceptors (Lipinski definition) is 9. The summed E-state index contributed by atoms with van der Waals surface area (Å²) in [5.41, 5.74) is 0.707. The van der Waals surface area contributed by atoms with Crippen LogP contribution in [0.1, 0.15) is 97.2 Å². The number of alkyl carbamates (subject to hydrolysis) is 1. The van der Waals surface area contributed by atoms with Crippen LogP contribution in [0.25, 0.3) is 0 Å². The van der Waals surface area contributed by atoms with Crippen molar-refractivity contribution in [3.8, 4) is 0 Å². The zero-order valence-corrected chi connectivity index (χ0v) is 34.7. The molecule has 15 nitrogen and oxygen atoms in total. The fourth-order valence-electron chi connectivity index (χ4n) is 7.39. The standard InChI is InChI=1S/C42H65N7O8/c1-29(2)17-18-35(50)33(23-30-13-9-7-10-14-30)46-38(52)34(25-32-26-43-28-45-32)47(6)39(53)36(24-31-15-11-8-12-16-31)56-41(55)49-21-19-48(20-22-49)37(51)27-44-40(54)57-42(3,4)5/h8,11-12,15-16,26,28-30,33-36,50H,7,9-10,13-14,17-25,27H2,1-6H3,(H,43,45)(H,44,54)(H,46,52)/t33-,34-,35-,36-/m0/s1. The lowest BCUT2D eigenvalue weighted by atomic mass is 9.83. The number of hydrogen-bond donors (Lipinski definition) is 4. The number of rotatable bonds is 17. The van der Waals surface area contributed by atoms with Crippen LogP contribution in [0.3, 0.4) is 0 Å². The minimum Gasteiger partial charge on any atom is -0.444 e. The van der Waals surface area contributed by atoms with Crippen LogP contribution in [0.15, 0.2) is 42.9 Å². The van der Waals surface area contributed by atoms with Crippen molar-refractivity contribution < 1.29 is 38.6 Å². The van der Waals surface area contributed by atoms with Gasteiger partial charge in [0, 0.05) is 58.0 Å². The number of nitrogens with zero attached hydrogens (tertiary/aromatic N) is 4. The van der Waals surface area contributed by atoms with Crippen molar-refractivity contribution >= 4 is 29.9 Å². The van der Waals surface area contributed by atoms with Crippen LogP contribution >= 0.6 is 0 Å². The lowest BCUT2D eigenvalue weighted by Gasteiger charge is -2.36. The third-order valence-corrected chi connectivity index (χ3v) is 10.7. The SMILES string of the molecule is CC(C)CC[C@H](O)[C@H](CC1CCCCC1)NC(=O)[C@H](Cc1cnc[nH]1)N(C)C(=O)[C@H](Cc1ccccc1)OC(=O)N1CCN(C(=O)CNC(=O)OC(C)(C)C)CC1. The summed E-state index contributed by atoms with van der Waals surface area (Å²) in [4.78, 5) is 78.8. The third-order valence-electron chi connectivity index (χ3n) is 10.7. The van der Waals surface area contributed by atoms with Gasteiger partial charge in [-0.05, 0) is 57.4 Å². The molecular formula is C42H65N7O8. The van der Waals surface area contributed by atoms with Crippen LogP contribution in [0.4, 0.5) is 9.59 Å². The van der Waals surface area contributed by atoms with E-state index in [-0.39, 0.29) is 51.5 Å². The number of nitrogens with one attached hydrogen (secondary N) is 3. The molecule has 0 unspecified atom stereocenters. The van der Waals surface area contributed by atoms with Crippen molar-refractivity contribution in [2.45, 2.75) is 129 Å². The third kappa shape index (κ3) is 15.0. The molecule has 5 amide bonds. The molecule has 1 aliphatic heterocycles. The molecule has 2 aliphatic rings. The van der Waals surface area contributed by atoms with E-state index >= 15 is 0 Å². The van der Waals surface area contributed by atoms with E-state index in [9.17, 15) is 29.1 Å². The molecule has 2 heterocycles. The molecule has 4 atom stereocenters. The fourth-order valence-corrected chi connectivity index (χ4v) is 7.39. The second-order valence-electron chi connectivity index (χ2n) is 16.9. The van der Waals surface area contributed by atoms with Gasteiger partial charge in [0.15, 0.2) is 6.10 Å². The monoisotopic (exact) mass is 795 g/mol. The van der Waals surface area contributed by atoms with E-state index in [1.807, 2.05) is 30.3 Å². The maximum atomic E-state index is 14.5. The highest BCUT2D eigenvalue weighted by molar-refractivity contribution is 5.91. The minimum atomic E-state index is -1.27. The molecule has 0 radical (unpaired) electrons. The van der Waals surface area contributed by atoms with Gasteiger partial charge in [-0.3, -0.25) is 14.4 Å². The van der Waals surface area contributed by atoms with Crippen LogP contribution in [0.5, 0.6) is 0 Å². The van der Waals surface area contributed by atoms with Gasteiger partial charge in [-0.15, -0.1) is 0 Å². The zero-order chi connectivity index (χ0) is 41.5. The maximum Gasteiger partial charge on any atom is 0.410 e. The first kappa shape index (κ1) is 45.0. The van der Waals surface area contributed by atoms with Gasteiger partial charge in [-0.25, -0.2) is 14.6 Å². The Hall–Kier alpha value is -4.66. The van der Waals surface area contributed by atoms with E-state index in [1.54, 1.807) is 31.9 Å². The van der Waals surface area contributed by atoms with Crippen molar-refractivity contribution in [2.24, 2.45) is 11.8 Å². The number of likely N-dealkylation sites (N-methyl/N-ethyl adjacent to an activating group) is 1. The van der Waals surface area contributed by atoms with Gasteiger partial charge in [0.1, 0.15) is 18.2 Å². The second-order valence-corrected chi connectivity index (χ2v) is 16.9. The number of aromatic amines is 1. The number of benzene rings is 1. The number of aromatic nitrogens is 2. The Morgan fingerprint density at radius 3 is 2.25 bits per heavy atom. The zero-order valence-electron chi connectivity index (χ0n) is 34.7. The Kier molecular flexibility index (Phi) is 17.2. The van der Waals surface area contributed by atoms with Gasteiger partial charge < -0.3 is 44.9 Å². The molecule has 316 valence electrons. The van der Waals surface area contributed by atoms with Crippen molar-refractivity contribution in [2.75, 3.05) is 39.8 Å². The molecule has 2 aromatic rings. The molecular weight excluding hydrogens is 731 g/mol. The van der Waals surface area contributed by atoms with Crippen LogP contribution in [-0.4, -0.2) is 129 Å². The number of carbonyl (C=O) groups is 5. The highest BCUT2D eigenvalue weighted by Crippen LogP contribution is 2.29. The van der Waals surface area contributed by atoms with Gasteiger partial charge in [-0.2, -0.15) is 0 Å². The van der Waals surface area contributed by atoms with Crippen LogP contribution in [0.2, 0.25) is 0 Å². The van der Waals surface area contributed by atoms with Crippen molar-refractivity contribution in [1.29, 1.82) is 0 Å². The number of aliphatic hydroxyl groups is 1. The van der Waals surface area contributed by atoms with E-state index in [2.05, 4.69) is 34.4 Å². The molecule has 1 saturated heterocycles. The lowest BCUT2D eigenvalue weighted by molar-refractivity contribution is -0.146. The number of ether oxygens (including phenoxy) is 2. The summed E-state index contributed by atoms with van der Waals surface area (Å²) in [7, 11) is 1.54. The normalized spacial score (nSPS) is 17.3. The van der Waals surface area contributed by atoms with E-state index in [1.165, 1.54) is 29.6 Å². The summed E-state index contributed by atoms with van der Waals surface area (Å²) in [5, 5.41) is 17.0. The topological polar surface area (TPSA) is 186 Å². The van der Waals surface area contributed by atoms with Gasteiger partial charge >= 0.3 is 12.2 Å². The maximum absolute atomic E-state index is 14.5. The summed E-state index contributed by atoms with van der Waals surface area (Å²) in [6.07, 6.45) is 7.50. The first-order valence-electron chi connectivity index (χ1n) is 20.6. The number of H-pyrrole nitrogens is 1. The number of amides is 5. The summed E-state index contributed by atoms with van der Waals surface area (Å²) in [6, 6.07) is 7.71. The van der Waals surface area contributed by atoms with Gasteiger partial charge in [0.05, 0.1) is 18.5 Å². The largest absolute Gasteiger partial charge is 0.444 e. The van der Waals surface area contributed by atoms with Crippen molar-refractivity contribution in [3.05, 3.63) is 54.1 Å². The average Bonchev–Trinajstić information content (AvgIpc) is 3.70. The molecule has 4 N–H and O–H groups in total. The Morgan fingerprint density at radius 1 is 0.965 bits per heavy atom. The predicted molar refractivity (Wildman–Crippen MR) is 215 cm³/mol. The van der Waals surface area contributed by atoms with E-state index in [4.69, 9.17) is 9.47 Å². The summed E-state index contributed by atoms with van der Waals surface area (Å²) in [6.45, 7) is 9.90. The van der Waals surface area contributed by atoms with Gasteiger partial charge in [0.25, 0.3) is 5.91 Å². The predicted octanol–water partition coefficient (Wildman–Crippen LogP) is 4.45. The molecule has 1 aliphatic carbocycles. The second kappa shape index (κ2) is 21.8. The lowest BCUT2D eigenvalue weighted by Crippen LogP contribution is -2.57. The molecule has 1 saturated carbocycles. The Balaban J connectivity index is 1.48. The molecule has 1 aromatic carbocycles. The van der Waals surface area contributed by atoms with Crippen molar-refractivity contribution in [1.82, 2.24) is 35.3 Å². The molecule has 2 fully saturated rings. The van der Waals surface area contributed by atoms with Gasteiger partial charge in [-0.1, -0.05) is 76.3 Å². The molecule has 0 spiro atoms. The number of imidazole rings is 1. The molecule has 1 aromatic heterocycles. The first-order chi connectivity index (χ1) is 27.1. The molecule has 15 heteroatoms. The number of aliphatic hydroxyl groups excluding tert-OH is 1. The Labute approximate surface area is 337 Å². The van der Waals surface area contributed by atoms with Gasteiger partial charge in [0.2, 0.25) is 11.8 Å². The highest BCUT2D eigenvalue weighted by atomic mass is 16.6.